The number of thiophene rings is 1. The molecular weight excluding hydrogens is 304 g/mol. The van der Waals surface area contributed by atoms with Crippen molar-refractivity contribution in [3.8, 4) is 0 Å². The highest BCUT2D eigenvalue weighted by Gasteiger charge is 2.27. The molecule has 0 unspecified atom stereocenters. The lowest BCUT2D eigenvalue weighted by atomic mass is 10.2. The average Bonchev–Trinajstić information content (AvgIpc) is 3.17. The third-order valence-corrected chi connectivity index (χ3v) is 6.24. The molecule has 0 radical (unpaired) electrons. The van der Waals surface area contributed by atoms with Gasteiger partial charge in [0.2, 0.25) is 0 Å². The topological polar surface area (TPSA) is 24.8 Å². The lowest BCUT2D eigenvalue weighted by molar-refractivity contribution is -0.917. The molecule has 0 atom stereocenters. The van der Waals surface area contributed by atoms with Gasteiger partial charge in [-0.05, 0) is 30.9 Å². The summed E-state index contributed by atoms with van der Waals surface area (Å²) < 4.78 is 0. The summed E-state index contributed by atoms with van der Waals surface area (Å²) >= 11 is 1.73. The standard InChI is InChI=1S/C19H22N2OS/c22-19(18-13-16-7-4-8-17(16)23-18)21-11-9-20(10-12-21)14-15-5-2-1-3-6-15/h1-3,5-6,13H,4,7-12,14H2/p+1. The van der Waals surface area contributed by atoms with Gasteiger partial charge in [0, 0.05) is 10.4 Å². The van der Waals surface area contributed by atoms with Crippen LogP contribution >= 0.6 is 11.3 Å². The van der Waals surface area contributed by atoms with Crippen molar-refractivity contribution in [2.75, 3.05) is 26.2 Å². The van der Waals surface area contributed by atoms with E-state index in [1.165, 1.54) is 28.8 Å². The van der Waals surface area contributed by atoms with E-state index in [0.29, 0.717) is 0 Å². The quantitative estimate of drug-likeness (QED) is 0.913. The summed E-state index contributed by atoms with van der Waals surface area (Å²) in [6.45, 7) is 4.92. The van der Waals surface area contributed by atoms with E-state index >= 15 is 0 Å². The number of aryl methyl sites for hydroxylation is 2. The number of fused-ring (bicyclic) bond motifs is 1. The van der Waals surface area contributed by atoms with Crippen molar-refractivity contribution in [2.45, 2.75) is 25.8 Å². The van der Waals surface area contributed by atoms with Crippen molar-refractivity contribution in [3.05, 3.63) is 57.3 Å². The van der Waals surface area contributed by atoms with E-state index in [4.69, 9.17) is 0 Å². The van der Waals surface area contributed by atoms with E-state index in [1.54, 1.807) is 16.2 Å². The second kappa shape index (κ2) is 6.46. The summed E-state index contributed by atoms with van der Waals surface area (Å²) in [7, 11) is 0. The van der Waals surface area contributed by atoms with Crippen LogP contribution in [0.5, 0.6) is 0 Å². The minimum Gasteiger partial charge on any atom is -0.328 e. The maximum absolute atomic E-state index is 12.7. The number of nitrogens with zero attached hydrogens (tertiary/aromatic N) is 1. The first-order chi connectivity index (χ1) is 11.3. The zero-order chi connectivity index (χ0) is 15.6. The highest BCUT2D eigenvalue weighted by molar-refractivity contribution is 7.14. The number of quaternary nitrogens is 1. The summed E-state index contributed by atoms with van der Waals surface area (Å²) in [4.78, 5) is 18.7. The third kappa shape index (κ3) is 3.19. The van der Waals surface area contributed by atoms with Crippen molar-refractivity contribution in [3.63, 3.8) is 0 Å². The maximum atomic E-state index is 12.7. The normalized spacial score (nSPS) is 18.2. The van der Waals surface area contributed by atoms with E-state index in [-0.39, 0.29) is 5.91 Å². The Hall–Kier alpha value is -1.65. The van der Waals surface area contributed by atoms with Crippen LogP contribution in [-0.2, 0) is 19.4 Å². The summed E-state index contributed by atoms with van der Waals surface area (Å²) in [5.74, 6) is 0.253. The molecule has 3 nitrogen and oxygen atoms in total. The summed E-state index contributed by atoms with van der Waals surface area (Å²) in [6, 6.07) is 12.8. The van der Waals surface area contributed by atoms with Gasteiger partial charge in [-0.15, -0.1) is 11.3 Å². The van der Waals surface area contributed by atoms with E-state index < -0.39 is 0 Å². The number of nitrogens with one attached hydrogen (secondary N) is 1. The van der Waals surface area contributed by atoms with E-state index in [2.05, 4.69) is 41.3 Å². The fourth-order valence-corrected chi connectivity index (χ4v) is 4.90. The van der Waals surface area contributed by atoms with Gasteiger partial charge in [-0.3, -0.25) is 4.79 Å². The molecule has 2 aromatic rings. The van der Waals surface area contributed by atoms with Crippen LogP contribution in [0.3, 0.4) is 0 Å². The largest absolute Gasteiger partial charge is 0.328 e. The molecule has 0 saturated carbocycles. The summed E-state index contributed by atoms with van der Waals surface area (Å²) in [6.07, 6.45) is 3.59. The summed E-state index contributed by atoms with van der Waals surface area (Å²) in [5.41, 5.74) is 2.81. The Balaban J connectivity index is 1.34. The average molecular weight is 327 g/mol. The molecule has 4 heteroatoms. The van der Waals surface area contributed by atoms with Crippen LogP contribution in [0.4, 0.5) is 0 Å². The van der Waals surface area contributed by atoms with Gasteiger partial charge in [0.05, 0.1) is 31.1 Å². The van der Waals surface area contributed by atoms with Crippen LogP contribution in [0.2, 0.25) is 0 Å². The minimum absolute atomic E-state index is 0.253. The predicted octanol–water partition coefficient (Wildman–Crippen LogP) is 1.78. The highest BCUT2D eigenvalue weighted by Crippen LogP contribution is 2.31. The molecule has 4 rings (SSSR count). The van der Waals surface area contributed by atoms with Gasteiger partial charge in [0.1, 0.15) is 6.54 Å². The first kappa shape index (κ1) is 14.9. The minimum atomic E-state index is 0.253. The lowest BCUT2D eigenvalue weighted by Gasteiger charge is -2.32. The third-order valence-electron chi connectivity index (χ3n) is 5.01. The molecule has 1 aliphatic heterocycles. The molecule has 0 spiro atoms. The van der Waals surface area contributed by atoms with Crippen molar-refractivity contribution >= 4 is 17.2 Å². The van der Waals surface area contributed by atoms with Gasteiger partial charge in [-0.1, -0.05) is 30.3 Å². The van der Waals surface area contributed by atoms with Crippen LogP contribution in [0.1, 0.15) is 32.1 Å². The molecule has 1 saturated heterocycles. The Kier molecular flexibility index (Phi) is 4.19. The van der Waals surface area contributed by atoms with Crippen molar-refractivity contribution in [1.82, 2.24) is 4.90 Å². The number of amides is 1. The van der Waals surface area contributed by atoms with Crippen LogP contribution in [0.25, 0.3) is 0 Å². The number of carbonyl (C=O) groups excluding carboxylic acids is 1. The number of hydrogen-bond donors (Lipinski definition) is 1. The van der Waals surface area contributed by atoms with E-state index in [9.17, 15) is 4.79 Å². The highest BCUT2D eigenvalue weighted by atomic mass is 32.1. The molecule has 1 fully saturated rings. The Morgan fingerprint density at radius 2 is 1.91 bits per heavy atom. The number of carbonyl (C=O) groups is 1. The smallest absolute Gasteiger partial charge is 0.264 e. The van der Waals surface area contributed by atoms with Gasteiger partial charge >= 0.3 is 0 Å². The Bertz CT molecular complexity index is 665. The SMILES string of the molecule is O=C(c1cc2c(s1)CCC2)N1CC[NH+](Cc2ccccc2)CC1. The van der Waals surface area contributed by atoms with E-state index in [1.807, 2.05) is 0 Å². The molecule has 0 bridgehead atoms. The first-order valence-corrected chi connectivity index (χ1v) is 9.39. The second-order valence-electron chi connectivity index (χ2n) is 6.62. The second-order valence-corrected chi connectivity index (χ2v) is 7.75. The molecule has 120 valence electrons. The van der Waals surface area contributed by atoms with Crippen molar-refractivity contribution < 1.29 is 9.69 Å². The number of rotatable bonds is 3. The Morgan fingerprint density at radius 1 is 1.13 bits per heavy atom. The van der Waals surface area contributed by atoms with Gasteiger partial charge in [0.25, 0.3) is 5.91 Å². The molecule has 1 aromatic heterocycles. The van der Waals surface area contributed by atoms with Gasteiger partial charge in [-0.25, -0.2) is 0 Å². The Labute approximate surface area is 141 Å². The molecule has 23 heavy (non-hydrogen) atoms. The molecule has 2 heterocycles. The van der Waals surface area contributed by atoms with E-state index in [0.717, 1.165) is 44.0 Å². The number of benzene rings is 1. The molecule has 2 aliphatic rings. The predicted molar refractivity (Wildman–Crippen MR) is 93.1 cm³/mol. The van der Waals surface area contributed by atoms with Crippen molar-refractivity contribution in [1.29, 1.82) is 0 Å². The van der Waals surface area contributed by atoms with Crippen molar-refractivity contribution in [2.24, 2.45) is 0 Å². The number of piperazine rings is 1. The van der Waals surface area contributed by atoms with Crippen LogP contribution in [0.15, 0.2) is 36.4 Å². The lowest BCUT2D eigenvalue weighted by Crippen LogP contribution is -3.13. The molecule has 1 aliphatic carbocycles. The van der Waals surface area contributed by atoms with Gasteiger partial charge < -0.3 is 9.80 Å². The fourth-order valence-electron chi connectivity index (χ4n) is 3.68. The maximum Gasteiger partial charge on any atom is 0.264 e. The first-order valence-electron chi connectivity index (χ1n) is 8.58. The number of hydrogen-bond acceptors (Lipinski definition) is 2. The molecular formula is C19H23N2OS+. The summed E-state index contributed by atoms with van der Waals surface area (Å²) in [5, 5.41) is 0. The monoisotopic (exact) mass is 327 g/mol. The van der Waals surface area contributed by atoms with Crippen LogP contribution in [0, 0.1) is 0 Å². The fraction of sp³-hybridized carbons (Fsp3) is 0.421. The van der Waals surface area contributed by atoms with Gasteiger partial charge in [-0.2, -0.15) is 0 Å². The Morgan fingerprint density at radius 3 is 2.65 bits per heavy atom. The van der Waals surface area contributed by atoms with Crippen LogP contribution < -0.4 is 4.90 Å². The molecule has 1 aromatic carbocycles. The van der Waals surface area contributed by atoms with Gasteiger partial charge in [0.15, 0.2) is 0 Å². The molecule has 1 amide bonds. The van der Waals surface area contributed by atoms with Crippen LogP contribution in [-0.4, -0.2) is 37.0 Å². The zero-order valence-electron chi connectivity index (χ0n) is 13.4. The zero-order valence-corrected chi connectivity index (χ0v) is 14.2. The molecule has 1 N–H and O–H groups in total.